The van der Waals surface area contributed by atoms with Crippen LogP contribution in [0.25, 0.3) is 23.1 Å². The van der Waals surface area contributed by atoms with Crippen molar-refractivity contribution in [2.24, 2.45) is 0 Å². The molecule has 0 bridgehead atoms. The second-order valence-corrected chi connectivity index (χ2v) is 5.79. The van der Waals surface area contributed by atoms with E-state index in [1.165, 1.54) is 10.6 Å². The molecule has 0 unspecified atom stereocenters. The monoisotopic (exact) mass is 279 g/mol. The van der Waals surface area contributed by atoms with Crippen LogP contribution in [0.5, 0.6) is 0 Å². The minimum Gasteiger partial charge on any atom is -0.455 e. The molecule has 0 amide bonds. The molecule has 0 N–H and O–H groups in total. The van der Waals surface area contributed by atoms with Gasteiger partial charge in [0.1, 0.15) is 11.0 Å². The van der Waals surface area contributed by atoms with Crippen molar-refractivity contribution in [1.29, 1.82) is 0 Å². The Kier molecular flexibility index (Phi) is 2.58. The van der Waals surface area contributed by atoms with E-state index in [4.69, 9.17) is 4.42 Å². The summed E-state index contributed by atoms with van der Waals surface area (Å²) in [6, 6.07) is 8.22. The van der Waals surface area contributed by atoms with E-state index in [1.54, 1.807) is 0 Å². The second-order valence-electron chi connectivity index (χ2n) is 5.79. The molecule has 1 atom stereocenters. The normalized spacial score (nSPS) is 20.8. The van der Waals surface area contributed by atoms with Gasteiger partial charge in [-0.05, 0) is 20.0 Å². The number of para-hydroxylation sites is 1. The number of fused-ring (bicyclic) bond motifs is 3. The predicted octanol–water partition coefficient (Wildman–Crippen LogP) is 0.989. The van der Waals surface area contributed by atoms with Crippen molar-refractivity contribution in [3.63, 3.8) is 0 Å². The molecule has 0 saturated carbocycles. The van der Waals surface area contributed by atoms with Crippen molar-refractivity contribution >= 4 is 30.1 Å². The third kappa shape index (κ3) is 1.77. The summed E-state index contributed by atoms with van der Waals surface area (Å²) in [4.78, 5) is 6.76. The lowest BCUT2D eigenvalue weighted by atomic mass is 9.70. The van der Waals surface area contributed by atoms with Gasteiger partial charge in [-0.3, -0.25) is 0 Å². The molecule has 0 radical (unpaired) electrons. The van der Waals surface area contributed by atoms with Crippen LogP contribution in [0.15, 0.2) is 41.1 Å². The molecule has 1 aromatic heterocycles. The fourth-order valence-corrected chi connectivity index (χ4v) is 3.13. The van der Waals surface area contributed by atoms with Crippen LogP contribution < -0.4 is 10.6 Å². The van der Waals surface area contributed by atoms with Gasteiger partial charge in [0.2, 0.25) is 0 Å². The molecule has 0 spiro atoms. The summed E-state index contributed by atoms with van der Waals surface area (Å²) in [5.74, 6) is 2.29. The SMILES string of the molecule is C[C@H]1N(C)C=CN1B1C=c2c(oc3ccccc23)=CN1C. The highest BCUT2D eigenvalue weighted by Gasteiger charge is 2.33. The minimum absolute atomic E-state index is 0.203. The van der Waals surface area contributed by atoms with Crippen LogP contribution in [0, 0.1) is 0 Å². The number of furan rings is 1. The third-order valence-corrected chi connectivity index (χ3v) is 4.52. The molecule has 21 heavy (non-hydrogen) atoms. The maximum atomic E-state index is 5.94. The Balaban J connectivity index is 1.88. The summed E-state index contributed by atoms with van der Waals surface area (Å²) in [6.07, 6.45) is 6.72. The van der Waals surface area contributed by atoms with Gasteiger partial charge in [0, 0.05) is 36.3 Å². The maximum Gasteiger partial charge on any atom is 0.405 e. The highest BCUT2D eigenvalue weighted by Crippen LogP contribution is 2.18. The molecule has 0 aliphatic carbocycles. The van der Waals surface area contributed by atoms with E-state index in [0.717, 1.165) is 11.0 Å². The van der Waals surface area contributed by atoms with E-state index in [-0.39, 0.29) is 6.98 Å². The Morgan fingerprint density at radius 2 is 1.95 bits per heavy atom. The number of nitrogens with zero attached hydrogens (tertiary/aromatic N) is 3. The molecular weight excluding hydrogens is 261 g/mol. The smallest absolute Gasteiger partial charge is 0.405 e. The van der Waals surface area contributed by atoms with E-state index in [9.17, 15) is 0 Å². The molecule has 0 saturated heterocycles. The Labute approximate surface area is 124 Å². The van der Waals surface area contributed by atoms with Crippen molar-refractivity contribution in [1.82, 2.24) is 14.5 Å². The van der Waals surface area contributed by atoms with Crippen LogP contribution in [-0.2, 0) is 0 Å². The Morgan fingerprint density at radius 3 is 2.71 bits per heavy atom. The van der Waals surface area contributed by atoms with Gasteiger partial charge in [-0.1, -0.05) is 24.2 Å². The van der Waals surface area contributed by atoms with Crippen LogP contribution in [0.3, 0.4) is 0 Å². The molecule has 2 aromatic rings. The highest BCUT2D eigenvalue weighted by molar-refractivity contribution is 6.69. The van der Waals surface area contributed by atoms with E-state index in [2.05, 4.69) is 72.2 Å². The Hall–Kier alpha value is -2.30. The number of benzene rings is 1. The first-order chi connectivity index (χ1) is 10.1. The van der Waals surface area contributed by atoms with Gasteiger partial charge in [-0.2, -0.15) is 0 Å². The average Bonchev–Trinajstić information content (AvgIpc) is 2.99. The molecule has 5 heteroatoms. The fraction of sp³-hybridized carbons (Fsp3) is 0.250. The average molecular weight is 279 g/mol. The van der Waals surface area contributed by atoms with Gasteiger partial charge in [-0.25, -0.2) is 0 Å². The van der Waals surface area contributed by atoms with Crippen LogP contribution in [0.2, 0.25) is 0 Å². The number of hydrogen-bond acceptors (Lipinski definition) is 4. The minimum atomic E-state index is 0.203. The molecule has 4 nitrogen and oxygen atoms in total. The fourth-order valence-electron chi connectivity index (χ4n) is 3.13. The Bertz CT molecular complexity index is 841. The van der Waals surface area contributed by atoms with E-state index in [1.807, 2.05) is 12.1 Å². The maximum absolute atomic E-state index is 5.94. The second kappa shape index (κ2) is 4.35. The zero-order chi connectivity index (χ0) is 14.6. The van der Waals surface area contributed by atoms with Gasteiger partial charge in [0.15, 0.2) is 0 Å². The summed E-state index contributed by atoms with van der Waals surface area (Å²) in [5, 5.41) is 2.38. The summed E-state index contributed by atoms with van der Waals surface area (Å²) in [5.41, 5.74) is 1.89. The number of rotatable bonds is 1. The van der Waals surface area contributed by atoms with Gasteiger partial charge in [-0.15, -0.1) is 0 Å². The molecule has 1 aromatic carbocycles. The molecule has 106 valence electrons. The lowest BCUT2D eigenvalue weighted by molar-refractivity contribution is 0.266. The highest BCUT2D eigenvalue weighted by atomic mass is 16.3. The van der Waals surface area contributed by atoms with E-state index < -0.39 is 0 Å². The molecular formula is C16H18BN3O. The largest absolute Gasteiger partial charge is 0.455 e. The van der Waals surface area contributed by atoms with Crippen LogP contribution in [0.4, 0.5) is 0 Å². The predicted molar refractivity (Wildman–Crippen MR) is 86.1 cm³/mol. The molecule has 2 aliphatic heterocycles. The lowest BCUT2D eigenvalue weighted by Crippen LogP contribution is -2.53. The van der Waals surface area contributed by atoms with Crippen molar-refractivity contribution in [2.75, 3.05) is 14.1 Å². The van der Waals surface area contributed by atoms with Gasteiger partial charge in [0.25, 0.3) is 0 Å². The summed E-state index contributed by atoms with van der Waals surface area (Å²) in [7, 11) is 4.20. The zero-order valence-corrected chi connectivity index (χ0v) is 12.5. The topological polar surface area (TPSA) is 22.9 Å². The summed E-state index contributed by atoms with van der Waals surface area (Å²) < 4.78 is 5.94. The first-order valence-corrected chi connectivity index (χ1v) is 7.26. The van der Waals surface area contributed by atoms with Crippen LogP contribution in [0.1, 0.15) is 6.92 Å². The van der Waals surface area contributed by atoms with Crippen molar-refractivity contribution in [3.05, 3.63) is 47.3 Å². The van der Waals surface area contributed by atoms with Crippen molar-refractivity contribution < 1.29 is 4.42 Å². The lowest BCUT2D eigenvalue weighted by Gasteiger charge is -2.35. The van der Waals surface area contributed by atoms with E-state index in [0.29, 0.717) is 6.17 Å². The van der Waals surface area contributed by atoms with Crippen molar-refractivity contribution in [2.45, 2.75) is 13.1 Å². The molecule has 3 heterocycles. The van der Waals surface area contributed by atoms with Gasteiger partial charge in [0.05, 0.1) is 6.17 Å². The summed E-state index contributed by atoms with van der Waals surface area (Å²) >= 11 is 0. The summed E-state index contributed by atoms with van der Waals surface area (Å²) in [6.45, 7) is 2.42. The van der Waals surface area contributed by atoms with E-state index >= 15 is 0 Å². The zero-order valence-electron chi connectivity index (χ0n) is 12.5. The van der Waals surface area contributed by atoms with Gasteiger partial charge < -0.3 is 18.9 Å². The molecule has 0 fully saturated rings. The standard InChI is InChI=1S/C16H18BN3O/c1-12-18(2)8-9-20(12)17-10-14-13-6-4-5-7-15(13)21-16(14)11-19(17)3/h4-12H,1-3H3/t12-/m0/s1. The first-order valence-electron chi connectivity index (χ1n) is 7.26. The van der Waals surface area contributed by atoms with Crippen LogP contribution >= 0.6 is 0 Å². The third-order valence-electron chi connectivity index (χ3n) is 4.52. The van der Waals surface area contributed by atoms with Gasteiger partial charge >= 0.3 is 6.98 Å². The van der Waals surface area contributed by atoms with Crippen molar-refractivity contribution in [3.8, 4) is 0 Å². The molecule has 4 rings (SSSR count). The quantitative estimate of drug-likeness (QED) is 0.726. The first kappa shape index (κ1) is 12.4. The number of hydrogen-bond donors (Lipinski definition) is 0. The Morgan fingerprint density at radius 1 is 1.14 bits per heavy atom. The van der Waals surface area contributed by atoms with Crippen LogP contribution in [-0.4, -0.2) is 41.8 Å². The molecule has 2 aliphatic rings.